The monoisotopic (exact) mass is 258 g/mol. The van der Waals surface area contributed by atoms with Crippen LogP contribution in [0, 0.1) is 10.8 Å². The lowest BCUT2D eigenvalue weighted by Gasteiger charge is -2.52. The van der Waals surface area contributed by atoms with E-state index in [2.05, 4.69) is 4.74 Å². The van der Waals surface area contributed by atoms with Crippen molar-refractivity contribution < 1.29 is 14.3 Å². The summed E-state index contributed by atoms with van der Waals surface area (Å²) in [5.74, 6) is -0.129. The van der Waals surface area contributed by atoms with Crippen molar-refractivity contribution in [1.82, 2.24) is 0 Å². The topological polar surface area (TPSA) is 43.4 Å². The van der Waals surface area contributed by atoms with E-state index >= 15 is 0 Å². The van der Waals surface area contributed by atoms with Gasteiger partial charge in [0.05, 0.1) is 7.11 Å². The molecule has 0 unspecified atom stereocenters. The van der Waals surface area contributed by atoms with Crippen molar-refractivity contribution >= 4 is 22.8 Å². The highest BCUT2D eigenvalue weighted by molar-refractivity contribution is 6.64. The predicted octanol–water partition coefficient (Wildman–Crippen LogP) is 3.05. The molecule has 96 valence electrons. The number of esters is 1. The van der Waals surface area contributed by atoms with E-state index in [-0.39, 0.29) is 22.0 Å². The molecule has 0 aromatic heterocycles. The van der Waals surface area contributed by atoms with E-state index in [0.717, 1.165) is 44.9 Å². The summed E-state index contributed by atoms with van der Waals surface area (Å²) in [6, 6.07) is 0. The Balaban J connectivity index is 1.95. The van der Waals surface area contributed by atoms with Gasteiger partial charge < -0.3 is 4.74 Å². The van der Waals surface area contributed by atoms with Crippen LogP contribution in [-0.4, -0.2) is 18.3 Å². The average Bonchev–Trinajstić information content (AvgIpc) is 2.38. The van der Waals surface area contributed by atoms with Crippen LogP contribution in [0.4, 0.5) is 0 Å². The Hall–Kier alpha value is -0.570. The summed E-state index contributed by atoms with van der Waals surface area (Å²) in [4.78, 5) is 22.7. The average molecular weight is 259 g/mol. The molecule has 3 saturated carbocycles. The molecule has 0 saturated heterocycles. The fraction of sp³-hybridized carbons (Fsp3) is 0.846. The number of carbonyl (C=O) groups excluding carboxylic acids is 2. The summed E-state index contributed by atoms with van der Waals surface area (Å²) in [7, 11) is 1.43. The Morgan fingerprint density at radius 1 is 1.12 bits per heavy atom. The Kier molecular flexibility index (Phi) is 3.48. The van der Waals surface area contributed by atoms with Crippen molar-refractivity contribution in [1.29, 1.82) is 0 Å². The van der Waals surface area contributed by atoms with E-state index in [1.165, 1.54) is 7.11 Å². The van der Waals surface area contributed by atoms with E-state index in [0.29, 0.717) is 6.42 Å². The van der Waals surface area contributed by atoms with E-state index in [9.17, 15) is 9.59 Å². The molecule has 4 heteroatoms. The van der Waals surface area contributed by atoms with Crippen LogP contribution in [-0.2, 0) is 14.3 Å². The van der Waals surface area contributed by atoms with Gasteiger partial charge in [0, 0.05) is 11.8 Å². The smallest absolute Gasteiger partial charge is 0.305 e. The molecule has 3 rings (SSSR count). The molecule has 2 bridgehead atoms. The van der Waals surface area contributed by atoms with Crippen LogP contribution in [0.15, 0.2) is 0 Å². The standard InChI is InChI=1S/C13H19ClO3/c1-17-10(15)2-3-12-4-7-13(8-5-12,9-6-12)11(14)16/h2-9H2,1H3. The van der Waals surface area contributed by atoms with Crippen LogP contribution in [0.1, 0.15) is 51.4 Å². The highest BCUT2D eigenvalue weighted by atomic mass is 35.5. The molecule has 0 heterocycles. The number of carbonyl (C=O) groups is 2. The highest BCUT2D eigenvalue weighted by Gasteiger charge is 2.51. The third-order valence-corrected chi connectivity index (χ3v) is 5.31. The van der Waals surface area contributed by atoms with Gasteiger partial charge in [0.2, 0.25) is 5.24 Å². The molecule has 3 fully saturated rings. The van der Waals surface area contributed by atoms with Gasteiger partial charge in [0.1, 0.15) is 0 Å². The van der Waals surface area contributed by atoms with Crippen LogP contribution >= 0.6 is 11.6 Å². The van der Waals surface area contributed by atoms with Crippen molar-refractivity contribution in [2.45, 2.75) is 51.4 Å². The lowest BCUT2D eigenvalue weighted by Crippen LogP contribution is -2.44. The molecule has 17 heavy (non-hydrogen) atoms. The number of hydrogen-bond acceptors (Lipinski definition) is 3. The predicted molar refractivity (Wildman–Crippen MR) is 64.7 cm³/mol. The van der Waals surface area contributed by atoms with Gasteiger partial charge in [-0.25, -0.2) is 0 Å². The fourth-order valence-corrected chi connectivity index (χ4v) is 3.69. The van der Waals surface area contributed by atoms with E-state index in [4.69, 9.17) is 11.6 Å². The van der Waals surface area contributed by atoms with Gasteiger partial charge in [-0.15, -0.1) is 0 Å². The number of ether oxygens (including phenoxy) is 1. The summed E-state index contributed by atoms with van der Waals surface area (Å²) in [5.41, 5.74) is 0.0247. The summed E-state index contributed by atoms with van der Waals surface area (Å²) < 4.78 is 4.69. The van der Waals surface area contributed by atoms with Crippen LogP contribution in [0.3, 0.4) is 0 Å². The Bertz CT molecular complexity index is 313. The molecule has 0 aromatic rings. The molecule has 3 aliphatic rings. The maximum absolute atomic E-state index is 11.5. The van der Waals surface area contributed by atoms with Crippen LogP contribution in [0.25, 0.3) is 0 Å². The molecule has 0 amide bonds. The van der Waals surface area contributed by atoms with Gasteiger partial charge in [0.25, 0.3) is 0 Å². The fourth-order valence-electron chi connectivity index (χ4n) is 3.40. The minimum absolute atomic E-state index is 0.129. The maximum Gasteiger partial charge on any atom is 0.305 e. The largest absolute Gasteiger partial charge is 0.469 e. The first kappa shape index (κ1) is 12.9. The quantitative estimate of drug-likeness (QED) is 0.575. The Morgan fingerprint density at radius 2 is 1.65 bits per heavy atom. The van der Waals surface area contributed by atoms with Gasteiger partial charge >= 0.3 is 5.97 Å². The summed E-state index contributed by atoms with van der Waals surface area (Å²) in [5, 5.41) is -0.154. The highest BCUT2D eigenvalue weighted by Crippen LogP contribution is 2.59. The van der Waals surface area contributed by atoms with E-state index in [1.54, 1.807) is 0 Å². The number of fused-ring (bicyclic) bond motifs is 3. The van der Waals surface area contributed by atoms with Crippen molar-refractivity contribution in [2.24, 2.45) is 10.8 Å². The second-order valence-corrected chi connectivity index (χ2v) is 5.97. The lowest BCUT2D eigenvalue weighted by molar-refractivity contribution is -0.143. The number of hydrogen-bond donors (Lipinski definition) is 0. The second-order valence-electron chi connectivity index (χ2n) is 5.63. The molecule has 0 aliphatic heterocycles. The number of methoxy groups -OCH3 is 1. The zero-order valence-corrected chi connectivity index (χ0v) is 11.0. The second kappa shape index (κ2) is 4.60. The summed E-state index contributed by atoms with van der Waals surface area (Å²) in [6.45, 7) is 0. The summed E-state index contributed by atoms with van der Waals surface area (Å²) in [6.07, 6.45) is 7.18. The molecule has 3 aliphatic carbocycles. The van der Waals surface area contributed by atoms with Gasteiger partial charge in [0.15, 0.2) is 0 Å². The zero-order chi connectivity index (χ0) is 12.5. The minimum Gasteiger partial charge on any atom is -0.469 e. The maximum atomic E-state index is 11.5. The van der Waals surface area contributed by atoms with Crippen LogP contribution in [0.5, 0.6) is 0 Å². The third-order valence-electron chi connectivity index (χ3n) is 4.91. The number of rotatable bonds is 4. The normalized spacial score (nSPS) is 35.6. The SMILES string of the molecule is COC(=O)CCC12CCC(C(=O)Cl)(CC1)CC2. The van der Waals surface area contributed by atoms with Gasteiger partial charge in [-0.2, -0.15) is 0 Å². The Morgan fingerprint density at radius 3 is 2.06 bits per heavy atom. The summed E-state index contributed by atoms with van der Waals surface area (Å²) >= 11 is 5.72. The Labute approximate surface area is 107 Å². The zero-order valence-electron chi connectivity index (χ0n) is 10.3. The lowest BCUT2D eigenvalue weighted by atomic mass is 9.53. The van der Waals surface area contributed by atoms with Crippen LogP contribution < -0.4 is 0 Å². The molecular weight excluding hydrogens is 240 g/mol. The molecular formula is C13H19ClO3. The first-order valence-corrected chi connectivity index (χ1v) is 6.67. The van der Waals surface area contributed by atoms with Crippen molar-refractivity contribution in [2.75, 3.05) is 7.11 Å². The van der Waals surface area contributed by atoms with Gasteiger partial charge in [-0.05, 0) is 62.0 Å². The van der Waals surface area contributed by atoms with Gasteiger partial charge in [-0.3, -0.25) is 9.59 Å². The van der Waals surface area contributed by atoms with Crippen molar-refractivity contribution in [3.63, 3.8) is 0 Å². The minimum atomic E-state index is -0.241. The number of halogens is 1. The van der Waals surface area contributed by atoms with Crippen LogP contribution in [0.2, 0.25) is 0 Å². The first-order chi connectivity index (χ1) is 8.02. The molecule has 0 radical (unpaired) electrons. The molecule has 0 aromatic carbocycles. The van der Waals surface area contributed by atoms with Gasteiger partial charge in [-0.1, -0.05) is 0 Å². The molecule has 0 N–H and O–H groups in total. The molecule has 0 spiro atoms. The van der Waals surface area contributed by atoms with Crippen molar-refractivity contribution in [3.8, 4) is 0 Å². The first-order valence-electron chi connectivity index (χ1n) is 6.29. The van der Waals surface area contributed by atoms with E-state index in [1.807, 2.05) is 0 Å². The third kappa shape index (κ3) is 2.35. The van der Waals surface area contributed by atoms with E-state index < -0.39 is 0 Å². The van der Waals surface area contributed by atoms with Crippen molar-refractivity contribution in [3.05, 3.63) is 0 Å². The molecule has 0 atom stereocenters. The molecule has 3 nitrogen and oxygen atoms in total.